The summed E-state index contributed by atoms with van der Waals surface area (Å²) in [5, 5.41) is 22.1. The number of non-ortho nitro benzene ring substituents is 1. The SMILES string of the molecule is N#Cc1ccccc1COc1ccccc1/C=C1\SC(=Nc2ccc([N+](=O)[O-])cc2)N(CCc2c[nH]c3ccccc23)C1=O. The van der Waals surface area contributed by atoms with Gasteiger partial charge in [-0.2, -0.15) is 5.26 Å². The van der Waals surface area contributed by atoms with Gasteiger partial charge in [-0.15, -0.1) is 0 Å². The number of hydrogen-bond donors (Lipinski definition) is 1. The first-order valence-corrected chi connectivity index (χ1v) is 14.6. The summed E-state index contributed by atoms with van der Waals surface area (Å²) in [7, 11) is 0. The monoisotopic (exact) mass is 599 g/mol. The van der Waals surface area contributed by atoms with Gasteiger partial charge in [0.1, 0.15) is 12.4 Å². The molecular formula is C34H25N5O4S. The molecule has 1 amide bonds. The second kappa shape index (κ2) is 12.7. The number of nitro groups is 1. The molecular weight excluding hydrogens is 574 g/mol. The van der Waals surface area contributed by atoms with Gasteiger partial charge in [0.05, 0.1) is 27.1 Å². The average molecular weight is 600 g/mol. The third-order valence-electron chi connectivity index (χ3n) is 7.18. The van der Waals surface area contributed by atoms with Crippen LogP contribution in [0.5, 0.6) is 5.75 Å². The number of thioether (sulfide) groups is 1. The molecule has 216 valence electrons. The maximum absolute atomic E-state index is 13.8. The Morgan fingerprint density at radius 3 is 2.55 bits per heavy atom. The highest BCUT2D eigenvalue weighted by molar-refractivity contribution is 8.18. The van der Waals surface area contributed by atoms with Crippen LogP contribution in [-0.4, -0.2) is 32.4 Å². The predicted octanol–water partition coefficient (Wildman–Crippen LogP) is 7.37. The molecule has 9 nitrogen and oxygen atoms in total. The number of amidine groups is 1. The van der Waals surface area contributed by atoms with E-state index in [-0.39, 0.29) is 18.2 Å². The van der Waals surface area contributed by atoms with Crippen LogP contribution in [0.4, 0.5) is 11.4 Å². The van der Waals surface area contributed by atoms with Crippen molar-refractivity contribution in [3.05, 3.63) is 141 Å². The van der Waals surface area contributed by atoms with Gasteiger partial charge in [-0.1, -0.05) is 54.6 Å². The van der Waals surface area contributed by atoms with E-state index in [1.807, 2.05) is 72.9 Å². The Morgan fingerprint density at radius 1 is 0.977 bits per heavy atom. The van der Waals surface area contributed by atoms with Gasteiger partial charge in [0, 0.05) is 46.9 Å². The number of carbonyl (C=O) groups is 1. The number of H-pyrrole nitrogens is 1. The number of amides is 1. The van der Waals surface area contributed by atoms with Crippen LogP contribution in [0.2, 0.25) is 0 Å². The number of nitriles is 1. The molecule has 1 aliphatic rings. The lowest BCUT2D eigenvalue weighted by Gasteiger charge is -2.15. The minimum absolute atomic E-state index is 0.0325. The first kappa shape index (κ1) is 28.5. The lowest BCUT2D eigenvalue weighted by atomic mass is 10.1. The number of hydrogen-bond acceptors (Lipinski definition) is 7. The van der Waals surface area contributed by atoms with Crippen LogP contribution in [0.25, 0.3) is 17.0 Å². The van der Waals surface area contributed by atoms with E-state index in [9.17, 15) is 20.2 Å². The van der Waals surface area contributed by atoms with E-state index in [4.69, 9.17) is 9.73 Å². The molecule has 4 aromatic carbocycles. The minimum Gasteiger partial charge on any atom is -0.488 e. The Bertz CT molecular complexity index is 1970. The number of nitrogens with zero attached hydrogens (tertiary/aromatic N) is 4. The zero-order chi connectivity index (χ0) is 30.5. The van der Waals surface area contributed by atoms with Crippen LogP contribution in [0.3, 0.4) is 0 Å². The molecule has 44 heavy (non-hydrogen) atoms. The number of aromatic nitrogens is 1. The van der Waals surface area contributed by atoms with E-state index in [0.717, 1.165) is 22.0 Å². The topological polar surface area (TPSA) is 125 Å². The summed E-state index contributed by atoms with van der Waals surface area (Å²) < 4.78 is 6.11. The van der Waals surface area contributed by atoms with E-state index in [2.05, 4.69) is 11.1 Å². The van der Waals surface area contributed by atoms with Crippen molar-refractivity contribution < 1.29 is 14.5 Å². The molecule has 0 saturated carbocycles. The summed E-state index contributed by atoms with van der Waals surface area (Å²) >= 11 is 1.24. The van der Waals surface area contributed by atoms with Crippen LogP contribution in [-0.2, 0) is 17.8 Å². The van der Waals surface area contributed by atoms with Crippen molar-refractivity contribution >= 4 is 51.2 Å². The van der Waals surface area contributed by atoms with Crippen molar-refractivity contribution in [2.75, 3.05) is 6.54 Å². The Morgan fingerprint density at radius 2 is 1.73 bits per heavy atom. The highest BCUT2D eigenvalue weighted by atomic mass is 32.2. The van der Waals surface area contributed by atoms with Crippen molar-refractivity contribution in [1.82, 2.24) is 9.88 Å². The maximum Gasteiger partial charge on any atom is 0.269 e. The normalized spacial score (nSPS) is 14.8. The van der Waals surface area contributed by atoms with Crippen LogP contribution in [0, 0.1) is 21.4 Å². The largest absolute Gasteiger partial charge is 0.488 e. The van der Waals surface area contributed by atoms with Crippen LogP contribution >= 0.6 is 11.8 Å². The number of fused-ring (bicyclic) bond motifs is 1. The van der Waals surface area contributed by atoms with Crippen LogP contribution in [0.1, 0.15) is 22.3 Å². The van der Waals surface area contributed by atoms with Gasteiger partial charge in [-0.25, -0.2) is 4.99 Å². The third-order valence-corrected chi connectivity index (χ3v) is 8.19. The summed E-state index contributed by atoms with van der Waals surface area (Å²) in [6.07, 6.45) is 4.34. The zero-order valence-corrected chi connectivity index (χ0v) is 24.2. The van der Waals surface area contributed by atoms with Crippen molar-refractivity contribution in [1.29, 1.82) is 5.26 Å². The molecule has 0 spiro atoms. The molecule has 1 N–H and O–H groups in total. The second-order valence-corrected chi connectivity index (χ2v) is 10.9. The number of rotatable bonds is 9. The molecule has 5 aromatic rings. The number of aromatic amines is 1. The van der Waals surface area contributed by atoms with Gasteiger partial charge in [-0.05, 0) is 60.2 Å². The van der Waals surface area contributed by atoms with Crippen LogP contribution < -0.4 is 4.74 Å². The molecule has 0 bridgehead atoms. The fraction of sp³-hybridized carbons (Fsp3) is 0.0882. The molecule has 1 aliphatic heterocycles. The molecule has 1 saturated heterocycles. The molecule has 0 unspecified atom stereocenters. The van der Waals surface area contributed by atoms with Crippen LogP contribution in [0.15, 0.2) is 113 Å². The second-order valence-electron chi connectivity index (χ2n) is 9.94. The van der Waals surface area contributed by atoms with E-state index < -0.39 is 4.92 Å². The van der Waals surface area contributed by atoms with Gasteiger partial charge < -0.3 is 9.72 Å². The summed E-state index contributed by atoms with van der Waals surface area (Å²) in [5.41, 5.74) is 4.61. The quantitative estimate of drug-likeness (QED) is 0.107. The summed E-state index contributed by atoms with van der Waals surface area (Å²) in [5.74, 6) is 0.382. The van der Waals surface area contributed by atoms with Crippen molar-refractivity contribution in [2.45, 2.75) is 13.0 Å². The number of carbonyl (C=O) groups excluding carboxylic acids is 1. The Balaban J connectivity index is 1.29. The Kier molecular flexibility index (Phi) is 8.21. The maximum atomic E-state index is 13.8. The fourth-order valence-electron chi connectivity index (χ4n) is 4.90. The summed E-state index contributed by atoms with van der Waals surface area (Å²) in [4.78, 5) is 34.6. The lowest BCUT2D eigenvalue weighted by Crippen LogP contribution is -2.31. The van der Waals surface area contributed by atoms with Crippen molar-refractivity contribution in [3.8, 4) is 11.8 Å². The third kappa shape index (κ3) is 6.09. The van der Waals surface area contributed by atoms with E-state index in [1.165, 1.54) is 23.9 Å². The molecule has 1 aromatic heterocycles. The number of para-hydroxylation sites is 2. The smallest absolute Gasteiger partial charge is 0.269 e. The predicted molar refractivity (Wildman–Crippen MR) is 171 cm³/mol. The Labute approximate surface area is 257 Å². The molecule has 0 aliphatic carbocycles. The highest BCUT2D eigenvalue weighted by Crippen LogP contribution is 2.36. The molecule has 0 radical (unpaired) electrons. The first-order chi connectivity index (χ1) is 21.5. The molecule has 6 rings (SSSR count). The minimum atomic E-state index is -0.461. The lowest BCUT2D eigenvalue weighted by molar-refractivity contribution is -0.384. The van der Waals surface area contributed by atoms with E-state index >= 15 is 0 Å². The van der Waals surface area contributed by atoms with Gasteiger partial charge >= 0.3 is 0 Å². The van der Waals surface area contributed by atoms with E-state index in [1.54, 1.807) is 29.2 Å². The first-order valence-electron chi connectivity index (χ1n) is 13.8. The Hall–Kier alpha value is -5.66. The number of nitrogens with one attached hydrogen (secondary N) is 1. The molecule has 2 heterocycles. The van der Waals surface area contributed by atoms with Gasteiger partial charge in [0.25, 0.3) is 11.6 Å². The number of aliphatic imine (C=N–C) groups is 1. The summed E-state index contributed by atoms with van der Waals surface area (Å²) in [6, 6.07) is 30.8. The van der Waals surface area contributed by atoms with Gasteiger partial charge in [0.15, 0.2) is 5.17 Å². The fourth-order valence-corrected chi connectivity index (χ4v) is 5.92. The number of benzene rings is 4. The highest BCUT2D eigenvalue weighted by Gasteiger charge is 2.33. The van der Waals surface area contributed by atoms with Crippen molar-refractivity contribution in [3.63, 3.8) is 0 Å². The number of nitro benzene ring substituents is 1. The standard InChI is InChI=1S/C34H25N5O4S/c35-20-24-8-1-2-9-26(24)22-43-31-12-6-3-7-23(31)19-32-33(40)38(18-17-25-21-36-30-11-5-4-10-29(25)30)34(44-32)37-27-13-15-28(16-14-27)39(41)42/h1-16,19,21,36H,17-18,22H2/b32-19-,37-34?. The summed E-state index contributed by atoms with van der Waals surface area (Å²) in [6.45, 7) is 0.592. The van der Waals surface area contributed by atoms with E-state index in [0.29, 0.717) is 45.6 Å². The van der Waals surface area contributed by atoms with Gasteiger partial charge in [0.2, 0.25) is 0 Å². The van der Waals surface area contributed by atoms with Gasteiger partial charge in [-0.3, -0.25) is 19.8 Å². The molecule has 10 heteroatoms. The molecule has 1 fully saturated rings. The number of ether oxygens (including phenoxy) is 1. The molecule has 0 atom stereocenters. The van der Waals surface area contributed by atoms with Crippen molar-refractivity contribution in [2.24, 2.45) is 4.99 Å². The average Bonchev–Trinajstić information content (AvgIpc) is 3.59. The zero-order valence-electron chi connectivity index (χ0n) is 23.3.